The van der Waals surface area contributed by atoms with E-state index < -0.39 is 0 Å². The van der Waals surface area contributed by atoms with E-state index in [1.54, 1.807) is 6.20 Å². The van der Waals surface area contributed by atoms with Crippen molar-refractivity contribution in [1.82, 2.24) is 15.6 Å². The molecule has 3 atom stereocenters. The van der Waals surface area contributed by atoms with E-state index in [1.165, 1.54) is 6.42 Å². The summed E-state index contributed by atoms with van der Waals surface area (Å²) in [6.07, 6.45) is 4.93. The Kier molecular flexibility index (Phi) is 3.53. The smallest absolute Gasteiger partial charge is 0.307 e. The van der Waals surface area contributed by atoms with Crippen molar-refractivity contribution < 1.29 is 9.21 Å². The Morgan fingerprint density at radius 2 is 2.22 bits per heavy atom. The molecule has 1 amide bonds. The molecular formula is C17H20N4O2. The summed E-state index contributed by atoms with van der Waals surface area (Å²) in [6, 6.07) is 8.89. The normalized spacial score (nSPS) is 25.5. The summed E-state index contributed by atoms with van der Waals surface area (Å²) in [5.41, 5.74) is 1.83. The maximum absolute atomic E-state index is 12.4. The second kappa shape index (κ2) is 5.70. The zero-order chi connectivity index (χ0) is 15.8. The zero-order valence-corrected chi connectivity index (χ0v) is 13.0. The minimum atomic E-state index is -0.238. The van der Waals surface area contributed by atoms with Gasteiger partial charge in [0.15, 0.2) is 5.76 Å². The molecule has 1 aromatic heterocycles. The van der Waals surface area contributed by atoms with E-state index >= 15 is 0 Å². The Bertz CT molecular complexity index is 727. The fourth-order valence-corrected chi connectivity index (χ4v) is 3.63. The molecule has 0 aliphatic carbocycles. The molecule has 23 heavy (non-hydrogen) atoms. The Labute approximate surface area is 134 Å². The predicted molar refractivity (Wildman–Crippen MR) is 87.3 cm³/mol. The maximum Gasteiger partial charge on any atom is 0.307 e. The number of anilines is 1. The van der Waals surface area contributed by atoms with Crippen molar-refractivity contribution in [3.05, 3.63) is 36.4 Å². The average molecular weight is 312 g/mol. The largest absolute Gasteiger partial charge is 0.432 e. The van der Waals surface area contributed by atoms with E-state index in [0.717, 1.165) is 24.1 Å². The van der Waals surface area contributed by atoms with Crippen LogP contribution in [-0.2, 0) is 0 Å². The van der Waals surface area contributed by atoms with Gasteiger partial charge in [0.1, 0.15) is 0 Å². The summed E-state index contributed by atoms with van der Waals surface area (Å²) in [6.45, 7) is 0. The molecule has 4 rings (SSSR count). The van der Waals surface area contributed by atoms with Gasteiger partial charge in [0.25, 0.3) is 5.89 Å². The second-order valence-corrected chi connectivity index (χ2v) is 6.19. The van der Waals surface area contributed by atoms with Gasteiger partial charge in [0.05, 0.1) is 6.20 Å². The van der Waals surface area contributed by atoms with E-state index in [-0.39, 0.29) is 17.8 Å². The minimum absolute atomic E-state index is 0.119. The summed E-state index contributed by atoms with van der Waals surface area (Å²) >= 11 is 0. The van der Waals surface area contributed by atoms with Gasteiger partial charge in [-0.2, -0.15) is 0 Å². The highest BCUT2D eigenvalue weighted by Gasteiger charge is 2.40. The molecule has 2 aliphatic rings. The number of carbonyl (C=O) groups excluding carboxylic acids is 1. The standard InChI is InChI=1S/C17H20N4O2/c1-18-12-5-3-2-4-11(12)15-9-19-17(23-15)16(22)21-14-8-10-6-7-13(14)20-10/h2-5,9-10,13-14,18,20H,6-8H2,1H3,(H,21,22)/t10-,13+,14-/m1/s1. The Morgan fingerprint density at radius 3 is 2.96 bits per heavy atom. The van der Waals surface area contributed by atoms with Crippen LogP contribution in [0.25, 0.3) is 11.3 Å². The molecule has 6 heteroatoms. The predicted octanol–water partition coefficient (Wildman–Crippen LogP) is 2.01. The third-order valence-corrected chi connectivity index (χ3v) is 4.78. The number of benzene rings is 1. The van der Waals surface area contributed by atoms with Crippen LogP contribution in [0.5, 0.6) is 0 Å². The third kappa shape index (κ3) is 2.59. The highest BCUT2D eigenvalue weighted by molar-refractivity contribution is 5.90. The molecule has 1 aromatic carbocycles. The van der Waals surface area contributed by atoms with E-state index in [1.807, 2.05) is 31.3 Å². The topological polar surface area (TPSA) is 79.2 Å². The number of nitrogens with one attached hydrogen (secondary N) is 3. The monoisotopic (exact) mass is 312 g/mol. The molecule has 3 N–H and O–H groups in total. The first kappa shape index (κ1) is 14.3. The second-order valence-electron chi connectivity index (χ2n) is 6.19. The van der Waals surface area contributed by atoms with Crippen molar-refractivity contribution in [2.45, 2.75) is 37.4 Å². The van der Waals surface area contributed by atoms with Gasteiger partial charge in [-0.05, 0) is 31.4 Å². The number of hydrogen-bond donors (Lipinski definition) is 3. The first-order valence-electron chi connectivity index (χ1n) is 8.04. The van der Waals surface area contributed by atoms with Crippen molar-refractivity contribution >= 4 is 11.6 Å². The number of carbonyl (C=O) groups is 1. The number of rotatable bonds is 4. The van der Waals surface area contributed by atoms with Crippen LogP contribution in [0.2, 0.25) is 0 Å². The molecule has 0 spiro atoms. The highest BCUT2D eigenvalue weighted by atomic mass is 16.4. The molecule has 3 heterocycles. The molecule has 2 aromatic rings. The van der Waals surface area contributed by atoms with E-state index in [4.69, 9.17) is 4.42 Å². The number of nitrogens with zero attached hydrogens (tertiary/aromatic N) is 1. The van der Waals surface area contributed by atoms with Crippen LogP contribution >= 0.6 is 0 Å². The lowest BCUT2D eigenvalue weighted by molar-refractivity contribution is 0.0896. The van der Waals surface area contributed by atoms with Gasteiger partial charge in [-0.3, -0.25) is 4.79 Å². The fraction of sp³-hybridized carbons (Fsp3) is 0.412. The van der Waals surface area contributed by atoms with Crippen molar-refractivity contribution in [3.63, 3.8) is 0 Å². The van der Waals surface area contributed by atoms with E-state index in [0.29, 0.717) is 17.8 Å². The number of aromatic nitrogens is 1. The Balaban J connectivity index is 1.50. The first-order valence-corrected chi connectivity index (χ1v) is 8.04. The van der Waals surface area contributed by atoms with Crippen LogP contribution in [0.3, 0.4) is 0 Å². The van der Waals surface area contributed by atoms with Crippen LogP contribution in [0, 0.1) is 0 Å². The molecule has 0 saturated carbocycles. The van der Waals surface area contributed by atoms with E-state index in [9.17, 15) is 4.79 Å². The van der Waals surface area contributed by atoms with Gasteiger partial charge >= 0.3 is 5.91 Å². The lowest BCUT2D eigenvalue weighted by Crippen LogP contribution is -2.43. The van der Waals surface area contributed by atoms with Crippen LogP contribution in [0.4, 0.5) is 5.69 Å². The summed E-state index contributed by atoms with van der Waals surface area (Å²) in [5, 5.41) is 9.67. The summed E-state index contributed by atoms with van der Waals surface area (Å²) in [5.74, 6) is 0.470. The minimum Gasteiger partial charge on any atom is -0.432 e. The molecule has 6 nitrogen and oxygen atoms in total. The van der Waals surface area contributed by atoms with Crippen molar-refractivity contribution in [1.29, 1.82) is 0 Å². The lowest BCUT2D eigenvalue weighted by Gasteiger charge is -2.20. The summed E-state index contributed by atoms with van der Waals surface area (Å²) < 4.78 is 5.68. The summed E-state index contributed by atoms with van der Waals surface area (Å²) in [7, 11) is 1.85. The zero-order valence-electron chi connectivity index (χ0n) is 13.0. The molecule has 0 radical (unpaired) electrons. The van der Waals surface area contributed by atoms with Gasteiger partial charge in [-0.15, -0.1) is 0 Å². The van der Waals surface area contributed by atoms with Gasteiger partial charge in [-0.25, -0.2) is 4.98 Å². The molecule has 120 valence electrons. The quantitative estimate of drug-likeness (QED) is 0.805. The van der Waals surface area contributed by atoms with Gasteiger partial charge in [-0.1, -0.05) is 12.1 Å². The maximum atomic E-state index is 12.4. The average Bonchev–Trinajstić information content (AvgIpc) is 3.31. The van der Waals surface area contributed by atoms with Crippen LogP contribution < -0.4 is 16.0 Å². The van der Waals surface area contributed by atoms with Crippen LogP contribution in [0.1, 0.15) is 29.9 Å². The van der Waals surface area contributed by atoms with Crippen LogP contribution in [-0.4, -0.2) is 36.1 Å². The van der Waals surface area contributed by atoms with E-state index in [2.05, 4.69) is 20.9 Å². The van der Waals surface area contributed by atoms with Crippen molar-refractivity contribution in [2.75, 3.05) is 12.4 Å². The molecule has 0 unspecified atom stereocenters. The highest BCUT2D eigenvalue weighted by Crippen LogP contribution is 2.30. The van der Waals surface area contributed by atoms with Gasteiger partial charge < -0.3 is 20.4 Å². The third-order valence-electron chi connectivity index (χ3n) is 4.78. The molecule has 2 aliphatic heterocycles. The van der Waals surface area contributed by atoms with Gasteiger partial charge in [0.2, 0.25) is 0 Å². The molecular weight excluding hydrogens is 292 g/mol. The fourth-order valence-electron chi connectivity index (χ4n) is 3.63. The molecule has 2 bridgehead atoms. The first-order chi connectivity index (χ1) is 11.2. The number of para-hydroxylation sites is 1. The SMILES string of the molecule is CNc1ccccc1-c1cnc(C(=O)N[C@@H]2C[C@H]3CC[C@@H]2N3)o1. The van der Waals surface area contributed by atoms with Gasteiger partial charge in [0, 0.05) is 36.4 Å². The molecule has 2 saturated heterocycles. The van der Waals surface area contributed by atoms with Crippen molar-refractivity contribution in [3.8, 4) is 11.3 Å². The Morgan fingerprint density at radius 1 is 1.35 bits per heavy atom. The number of oxazole rings is 1. The number of fused-ring (bicyclic) bond motifs is 2. The Hall–Kier alpha value is -2.34. The summed E-state index contributed by atoms with van der Waals surface area (Å²) in [4.78, 5) is 16.5. The number of hydrogen-bond acceptors (Lipinski definition) is 5. The van der Waals surface area contributed by atoms with Crippen LogP contribution in [0.15, 0.2) is 34.9 Å². The lowest BCUT2D eigenvalue weighted by atomic mass is 9.95. The number of amides is 1. The molecule has 2 fully saturated rings. The van der Waals surface area contributed by atoms with Crippen molar-refractivity contribution in [2.24, 2.45) is 0 Å².